The van der Waals surface area contributed by atoms with Gasteiger partial charge in [-0.3, -0.25) is 4.79 Å². The predicted molar refractivity (Wildman–Crippen MR) is 57.0 cm³/mol. The van der Waals surface area contributed by atoms with E-state index in [2.05, 4.69) is 12.2 Å². The second-order valence-corrected chi connectivity index (χ2v) is 3.45. The van der Waals surface area contributed by atoms with Gasteiger partial charge in [0.2, 0.25) is 5.91 Å². The lowest BCUT2D eigenvalue weighted by atomic mass is 10.2. The molecule has 0 fully saturated rings. The van der Waals surface area contributed by atoms with Crippen LogP contribution in [0.2, 0.25) is 0 Å². The third-order valence-corrected chi connectivity index (χ3v) is 2.04. The minimum atomic E-state index is -0.362. The Bertz CT molecular complexity index is 162. The summed E-state index contributed by atoms with van der Waals surface area (Å²) in [4.78, 5) is 10.9. The molecule has 0 aliphatic heterocycles. The zero-order chi connectivity index (χ0) is 11.0. The number of rotatable bonds is 8. The summed E-state index contributed by atoms with van der Waals surface area (Å²) in [5.74, 6) is -0.351. The van der Waals surface area contributed by atoms with Crippen molar-refractivity contribution < 1.29 is 9.53 Å². The molecule has 0 rings (SSSR count). The van der Waals surface area contributed by atoms with Gasteiger partial charge in [-0.05, 0) is 19.9 Å². The van der Waals surface area contributed by atoms with Crippen LogP contribution in [0.25, 0.3) is 0 Å². The van der Waals surface area contributed by atoms with E-state index in [1.807, 2.05) is 13.8 Å². The molecule has 0 aromatic carbocycles. The molecule has 4 nitrogen and oxygen atoms in total. The van der Waals surface area contributed by atoms with E-state index in [1.54, 1.807) is 0 Å². The third kappa shape index (κ3) is 5.94. The molecule has 14 heavy (non-hydrogen) atoms. The van der Waals surface area contributed by atoms with E-state index in [0.29, 0.717) is 6.61 Å². The number of nitrogens with two attached hydrogens (primary N) is 1. The van der Waals surface area contributed by atoms with Crippen LogP contribution in [0.4, 0.5) is 0 Å². The summed E-state index contributed by atoms with van der Waals surface area (Å²) < 4.78 is 5.50. The average Bonchev–Trinajstić information content (AvgIpc) is 2.12. The molecule has 0 radical (unpaired) electrons. The van der Waals surface area contributed by atoms with Crippen LogP contribution in [0.15, 0.2) is 0 Å². The second kappa shape index (κ2) is 7.76. The van der Waals surface area contributed by atoms with Gasteiger partial charge in [0.05, 0.1) is 12.7 Å². The van der Waals surface area contributed by atoms with Gasteiger partial charge < -0.3 is 15.8 Å². The van der Waals surface area contributed by atoms with Gasteiger partial charge in [-0.2, -0.15) is 0 Å². The SMILES string of the molecule is CCCC(C)OCC(NCC)C(N)=O. The van der Waals surface area contributed by atoms with Crippen LogP contribution in [0.5, 0.6) is 0 Å². The summed E-state index contributed by atoms with van der Waals surface area (Å²) in [6, 6.07) is -0.362. The summed E-state index contributed by atoms with van der Waals surface area (Å²) in [7, 11) is 0. The van der Waals surface area contributed by atoms with Crippen LogP contribution in [-0.4, -0.2) is 31.2 Å². The first-order valence-corrected chi connectivity index (χ1v) is 5.26. The molecule has 2 unspecified atom stereocenters. The highest BCUT2D eigenvalue weighted by molar-refractivity contribution is 5.79. The lowest BCUT2D eigenvalue weighted by molar-refractivity contribution is -0.122. The smallest absolute Gasteiger partial charge is 0.236 e. The molecule has 0 aliphatic rings. The maximum Gasteiger partial charge on any atom is 0.236 e. The molecule has 1 amide bonds. The standard InChI is InChI=1S/C10H22N2O2/c1-4-6-8(3)14-7-9(10(11)13)12-5-2/h8-9,12H,4-7H2,1-3H3,(H2,11,13). The number of hydrogen-bond acceptors (Lipinski definition) is 3. The Morgan fingerprint density at radius 2 is 2.14 bits per heavy atom. The van der Waals surface area contributed by atoms with Gasteiger partial charge in [0, 0.05) is 0 Å². The van der Waals surface area contributed by atoms with E-state index in [0.717, 1.165) is 19.4 Å². The monoisotopic (exact) mass is 202 g/mol. The molecule has 0 saturated heterocycles. The molecule has 3 N–H and O–H groups in total. The van der Waals surface area contributed by atoms with Crippen molar-refractivity contribution in [3.05, 3.63) is 0 Å². The van der Waals surface area contributed by atoms with E-state index in [4.69, 9.17) is 10.5 Å². The first-order valence-electron chi connectivity index (χ1n) is 5.26. The second-order valence-electron chi connectivity index (χ2n) is 3.45. The number of hydrogen-bond donors (Lipinski definition) is 2. The summed E-state index contributed by atoms with van der Waals surface area (Å²) in [5, 5.41) is 2.98. The van der Waals surface area contributed by atoms with Gasteiger partial charge in [0.15, 0.2) is 0 Å². The minimum absolute atomic E-state index is 0.195. The van der Waals surface area contributed by atoms with E-state index in [9.17, 15) is 4.79 Å². The van der Waals surface area contributed by atoms with Gasteiger partial charge in [-0.1, -0.05) is 20.3 Å². The molecule has 4 heteroatoms. The summed E-state index contributed by atoms with van der Waals surface area (Å²) >= 11 is 0. The quantitative estimate of drug-likeness (QED) is 0.607. The normalized spacial score (nSPS) is 15.1. The lowest BCUT2D eigenvalue weighted by Crippen LogP contribution is -2.45. The molecule has 2 atom stereocenters. The highest BCUT2D eigenvalue weighted by atomic mass is 16.5. The van der Waals surface area contributed by atoms with E-state index < -0.39 is 0 Å². The topological polar surface area (TPSA) is 64.3 Å². The van der Waals surface area contributed by atoms with E-state index in [1.165, 1.54) is 0 Å². The Balaban J connectivity index is 3.75. The number of nitrogens with one attached hydrogen (secondary N) is 1. The highest BCUT2D eigenvalue weighted by Gasteiger charge is 2.14. The number of likely N-dealkylation sites (N-methyl/N-ethyl adjacent to an activating group) is 1. The molecule has 0 aromatic rings. The van der Waals surface area contributed by atoms with Gasteiger partial charge >= 0.3 is 0 Å². The minimum Gasteiger partial charge on any atom is -0.376 e. The van der Waals surface area contributed by atoms with Gasteiger partial charge in [0.25, 0.3) is 0 Å². The van der Waals surface area contributed by atoms with Gasteiger partial charge in [0.1, 0.15) is 6.04 Å². The molecule has 84 valence electrons. The molecule has 0 aromatic heterocycles. The fourth-order valence-corrected chi connectivity index (χ4v) is 1.24. The van der Waals surface area contributed by atoms with Crippen LogP contribution in [0.1, 0.15) is 33.6 Å². The van der Waals surface area contributed by atoms with E-state index in [-0.39, 0.29) is 18.1 Å². The fourth-order valence-electron chi connectivity index (χ4n) is 1.24. The maximum atomic E-state index is 10.9. The van der Waals surface area contributed by atoms with E-state index >= 15 is 0 Å². The molecule has 0 spiro atoms. The molecule has 0 saturated carbocycles. The van der Waals surface area contributed by atoms with Crippen molar-refractivity contribution >= 4 is 5.91 Å². The summed E-state index contributed by atoms with van der Waals surface area (Å²) in [5.41, 5.74) is 5.20. The number of carbonyl (C=O) groups excluding carboxylic acids is 1. The van der Waals surface area contributed by atoms with Crippen LogP contribution in [0.3, 0.4) is 0 Å². The molecular formula is C10H22N2O2. The molecule has 0 bridgehead atoms. The molecule has 0 heterocycles. The summed E-state index contributed by atoms with van der Waals surface area (Å²) in [6.45, 7) is 7.14. The third-order valence-electron chi connectivity index (χ3n) is 2.04. The fraction of sp³-hybridized carbons (Fsp3) is 0.900. The predicted octanol–water partition coefficient (Wildman–Crippen LogP) is 0.655. The van der Waals surface area contributed by atoms with Crippen LogP contribution < -0.4 is 11.1 Å². The van der Waals surface area contributed by atoms with Crippen molar-refractivity contribution in [3.63, 3.8) is 0 Å². The first kappa shape index (κ1) is 13.4. The first-order chi connectivity index (χ1) is 6.61. The maximum absolute atomic E-state index is 10.9. The Labute approximate surface area is 86.2 Å². The Morgan fingerprint density at radius 1 is 1.50 bits per heavy atom. The van der Waals surface area contributed by atoms with Crippen molar-refractivity contribution in [1.82, 2.24) is 5.32 Å². The zero-order valence-corrected chi connectivity index (χ0v) is 9.38. The Morgan fingerprint density at radius 3 is 2.57 bits per heavy atom. The average molecular weight is 202 g/mol. The lowest BCUT2D eigenvalue weighted by Gasteiger charge is -2.17. The van der Waals surface area contributed by atoms with Gasteiger partial charge in [-0.15, -0.1) is 0 Å². The molecule has 0 aliphatic carbocycles. The highest BCUT2D eigenvalue weighted by Crippen LogP contribution is 2.01. The number of amides is 1. The van der Waals surface area contributed by atoms with Crippen molar-refractivity contribution in [3.8, 4) is 0 Å². The van der Waals surface area contributed by atoms with Crippen molar-refractivity contribution in [2.45, 2.75) is 45.8 Å². The van der Waals surface area contributed by atoms with Crippen LogP contribution >= 0.6 is 0 Å². The molecular weight excluding hydrogens is 180 g/mol. The number of carbonyl (C=O) groups is 1. The Kier molecular flexibility index (Phi) is 7.42. The van der Waals surface area contributed by atoms with Gasteiger partial charge in [-0.25, -0.2) is 0 Å². The van der Waals surface area contributed by atoms with Crippen LogP contribution in [-0.2, 0) is 9.53 Å². The van der Waals surface area contributed by atoms with Crippen molar-refractivity contribution in [1.29, 1.82) is 0 Å². The Hall–Kier alpha value is -0.610. The summed E-state index contributed by atoms with van der Waals surface area (Å²) in [6.07, 6.45) is 2.29. The van der Waals surface area contributed by atoms with Crippen LogP contribution in [0, 0.1) is 0 Å². The number of ether oxygens (including phenoxy) is 1. The number of primary amides is 1. The van der Waals surface area contributed by atoms with Crippen molar-refractivity contribution in [2.24, 2.45) is 5.73 Å². The largest absolute Gasteiger partial charge is 0.376 e. The van der Waals surface area contributed by atoms with Crippen molar-refractivity contribution in [2.75, 3.05) is 13.2 Å². The zero-order valence-electron chi connectivity index (χ0n) is 9.38.